The normalized spacial score (nSPS) is 10.6. The van der Waals surface area contributed by atoms with Gasteiger partial charge < -0.3 is 10.6 Å². The number of amides is 2. The van der Waals surface area contributed by atoms with Crippen LogP contribution in [0.25, 0.3) is 11.3 Å². The molecule has 0 aliphatic rings. The second-order valence-corrected chi connectivity index (χ2v) is 9.03. The fraction of sp³-hybridized carbons (Fsp3) is 0.190. The average molecular weight is 490 g/mol. The van der Waals surface area contributed by atoms with E-state index in [1.54, 1.807) is 0 Å². The van der Waals surface area contributed by atoms with Crippen LogP contribution >= 0.6 is 39.0 Å². The summed E-state index contributed by atoms with van der Waals surface area (Å²) in [5.74, 6) is 0.143. The van der Waals surface area contributed by atoms with Crippen LogP contribution in [0.3, 0.4) is 0 Å². The Kier molecular flexibility index (Phi) is 7.85. The van der Waals surface area contributed by atoms with E-state index in [1.165, 1.54) is 23.1 Å². The lowest BCUT2D eigenvalue weighted by Crippen LogP contribution is -2.14. The van der Waals surface area contributed by atoms with Crippen molar-refractivity contribution in [1.82, 2.24) is 4.98 Å². The molecule has 0 aliphatic carbocycles. The summed E-state index contributed by atoms with van der Waals surface area (Å²) in [5, 5.41) is 8.22. The summed E-state index contributed by atoms with van der Waals surface area (Å²) >= 11 is 6.23. The van der Waals surface area contributed by atoms with Gasteiger partial charge in [-0.25, -0.2) is 4.98 Å². The number of anilines is 2. The zero-order chi connectivity index (χ0) is 20.6. The Morgan fingerprint density at radius 2 is 1.90 bits per heavy atom. The van der Waals surface area contributed by atoms with E-state index in [2.05, 4.69) is 31.5 Å². The van der Waals surface area contributed by atoms with Gasteiger partial charge in [0.15, 0.2) is 5.13 Å². The highest BCUT2D eigenvalue weighted by Crippen LogP contribution is 2.27. The van der Waals surface area contributed by atoms with Crippen molar-refractivity contribution in [1.29, 1.82) is 0 Å². The number of nitrogens with zero attached hydrogens (tertiary/aromatic N) is 1. The van der Waals surface area contributed by atoms with Crippen molar-refractivity contribution in [2.24, 2.45) is 0 Å². The molecular weight excluding hydrogens is 470 g/mol. The first-order valence-corrected chi connectivity index (χ1v) is 11.7. The standard InChI is InChI=1S/C21H20BrN3O2S2/c1-2-4-19(26)23-16-5-3-6-17(11-16)28-13-20(27)25-21-24-18(12-29-21)14-7-9-15(22)10-8-14/h3,5-12H,2,4,13H2,1H3,(H,23,26)(H,24,25,27). The van der Waals surface area contributed by atoms with Gasteiger partial charge in [-0.1, -0.05) is 41.1 Å². The lowest BCUT2D eigenvalue weighted by Gasteiger charge is -2.07. The number of thioether (sulfide) groups is 1. The van der Waals surface area contributed by atoms with Crippen molar-refractivity contribution < 1.29 is 9.59 Å². The topological polar surface area (TPSA) is 71.1 Å². The molecule has 150 valence electrons. The van der Waals surface area contributed by atoms with Gasteiger partial charge in [0.1, 0.15) is 0 Å². The maximum Gasteiger partial charge on any atom is 0.236 e. The van der Waals surface area contributed by atoms with Crippen molar-refractivity contribution in [2.75, 3.05) is 16.4 Å². The molecule has 0 spiro atoms. The second kappa shape index (κ2) is 10.6. The minimum absolute atomic E-state index is 0.00209. The first-order chi connectivity index (χ1) is 14.0. The zero-order valence-electron chi connectivity index (χ0n) is 15.8. The molecule has 2 amide bonds. The number of hydrogen-bond donors (Lipinski definition) is 2. The number of thiazole rings is 1. The number of benzene rings is 2. The van der Waals surface area contributed by atoms with E-state index in [4.69, 9.17) is 0 Å². The molecule has 0 saturated heterocycles. The maximum absolute atomic E-state index is 12.3. The van der Waals surface area contributed by atoms with E-state index in [1.807, 2.05) is 60.8 Å². The molecular formula is C21H20BrN3O2S2. The summed E-state index contributed by atoms with van der Waals surface area (Å²) in [6.07, 6.45) is 1.30. The monoisotopic (exact) mass is 489 g/mol. The van der Waals surface area contributed by atoms with Gasteiger partial charge in [0.25, 0.3) is 0 Å². The summed E-state index contributed by atoms with van der Waals surface area (Å²) in [7, 11) is 0. The summed E-state index contributed by atoms with van der Waals surface area (Å²) in [6, 6.07) is 15.4. The van der Waals surface area contributed by atoms with Crippen LogP contribution in [0.4, 0.5) is 10.8 Å². The Balaban J connectivity index is 1.53. The number of carbonyl (C=O) groups is 2. The third-order valence-electron chi connectivity index (χ3n) is 3.86. The van der Waals surface area contributed by atoms with Gasteiger partial charge in [-0.2, -0.15) is 0 Å². The summed E-state index contributed by atoms with van der Waals surface area (Å²) in [4.78, 5) is 29.4. The van der Waals surface area contributed by atoms with Crippen molar-refractivity contribution >= 4 is 61.7 Å². The quantitative estimate of drug-likeness (QED) is 0.378. The molecule has 3 aromatic rings. The van der Waals surface area contributed by atoms with Gasteiger partial charge >= 0.3 is 0 Å². The van der Waals surface area contributed by atoms with Crippen molar-refractivity contribution in [2.45, 2.75) is 24.7 Å². The average Bonchev–Trinajstić information content (AvgIpc) is 3.16. The molecule has 0 atom stereocenters. The molecule has 8 heteroatoms. The highest BCUT2D eigenvalue weighted by Gasteiger charge is 2.09. The fourth-order valence-corrected chi connectivity index (χ4v) is 4.26. The lowest BCUT2D eigenvalue weighted by atomic mass is 10.2. The van der Waals surface area contributed by atoms with Crippen molar-refractivity contribution in [3.63, 3.8) is 0 Å². The highest BCUT2D eigenvalue weighted by atomic mass is 79.9. The van der Waals surface area contributed by atoms with Crippen LogP contribution < -0.4 is 10.6 Å². The van der Waals surface area contributed by atoms with Gasteiger partial charge in [-0.05, 0) is 36.8 Å². The van der Waals surface area contributed by atoms with E-state index in [-0.39, 0.29) is 17.6 Å². The molecule has 2 aromatic carbocycles. The second-order valence-electron chi connectivity index (χ2n) is 6.21. The minimum atomic E-state index is -0.118. The van der Waals surface area contributed by atoms with Gasteiger partial charge in [0.05, 0.1) is 11.4 Å². The van der Waals surface area contributed by atoms with E-state index >= 15 is 0 Å². The zero-order valence-corrected chi connectivity index (χ0v) is 19.0. The van der Waals surface area contributed by atoms with E-state index in [0.717, 1.165) is 32.7 Å². The number of aromatic nitrogens is 1. The predicted molar refractivity (Wildman–Crippen MR) is 125 cm³/mol. The number of hydrogen-bond acceptors (Lipinski definition) is 5. The van der Waals surface area contributed by atoms with Crippen LogP contribution in [0.1, 0.15) is 19.8 Å². The number of carbonyl (C=O) groups excluding carboxylic acids is 2. The van der Waals surface area contributed by atoms with E-state index in [0.29, 0.717) is 11.6 Å². The van der Waals surface area contributed by atoms with E-state index in [9.17, 15) is 9.59 Å². The van der Waals surface area contributed by atoms with Gasteiger partial charge in [-0.3, -0.25) is 9.59 Å². The molecule has 1 aromatic heterocycles. The molecule has 29 heavy (non-hydrogen) atoms. The first kappa shape index (κ1) is 21.5. The van der Waals surface area contributed by atoms with Crippen LogP contribution in [-0.4, -0.2) is 22.6 Å². The molecule has 0 fully saturated rings. The van der Waals surface area contributed by atoms with Crippen LogP contribution in [0, 0.1) is 0 Å². The Morgan fingerprint density at radius 1 is 1.10 bits per heavy atom. The summed E-state index contributed by atoms with van der Waals surface area (Å²) < 4.78 is 1.01. The Hall–Kier alpha value is -2.16. The van der Waals surface area contributed by atoms with Crippen LogP contribution in [-0.2, 0) is 9.59 Å². The smallest absolute Gasteiger partial charge is 0.236 e. The van der Waals surface area contributed by atoms with E-state index < -0.39 is 0 Å². The summed E-state index contributed by atoms with van der Waals surface area (Å²) in [5.41, 5.74) is 2.58. The van der Waals surface area contributed by atoms with Crippen molar-refractivity contribution in [3.8, 4) is 11.3 Å². The first-order valence-electron chi connectivity index (χ1n) is 9.07. The summed E-state index contributed by atoms with van der Waals surface area (Å²) in [6.45, 7) is 1.97. The third-order valence-corrected chi connectivity index (χ3v) is 6.14. The highest BCUT2D eigenvalue weighted by molar-refractivity contribution is 9.10. The van der Waals surface area contributed by atoms with Crippen LogP contribution in [0.15, 0.2) is 63.3 Å². The lowest BCUT2D eigenvalue weighted by molar-refractivity contribution is -0.116. The Labute approximate surface area is 186 Å². The largest absolute Gasteiger partial charge is 0.326 e. The van der Waals surface area contributed by atoms with Crippen molar-refractivity contribution in [3.05, 3.63) is 58.4 Å². The predicted octanol–water partition coefficient (Wildman–Crippen LogP) is 6.04. The molecule has 0 saturated carbocycles. The van der Waals surface area contributed by atoms with Gasteiger partial charge in [0, 0.05) is 32.4 Å². The minimum Gasteiger partial charge on any atom is -0.326 e. The molecule has 0 radical (unpaired) electrons. The number of nitrogens with one attached hydrogen (secondary N) is 2. The maximum atomic E-state index is 12.3. The molecule has 0 unspecified atom stereocenters. The molecule has 1 heterocycles. The molecule has 3 rings (SSSR count). The molecule has 5 nitrogen and oxygen atoms in total. The SMILES string of the molecule is CCCC(=O)Nc1cccc(SCC(=O)Nc2nc(-c3ccc(Br)cc3)cs2)c1. The van der Waals surface area contributed by atoms with Crippen LogP contribution in [0.2, 0.25) is 0 Å². The van der Waals surface area contributed by atoms with Crippen LogP contribution in [0.5, 0.6) is 0 Å². The van der Waals surface area contributed by atoms with Gasteiger partial charge in [0.2, 0.25) is 11.8 Å². The third kappa shape index (κ3) is 6.69. The van der Waals surface area contributed by atoms with Gasteiger partial charge in [-0.15, -0.1) is 23.1 Å². The Morgan fingerprint density at radius 3 is 2.66 bits per heavy atom. The number of rotatable bonds is 8. The molecule has 2 N–H and O–H groups in total. The molecule has 0 bridgehead atoms. The fourth-order valence-electron chi connectivity index (χ4n) is 2.50. The molecule has 0 aliphatic heterocycles. The number of halogens is 1. The Bertz CT molecular complexity index is 990.